The Hall–Kier alpha value is -2.46. The largest absolute Gasteiger partial charge is 0.340 e. The van der Waals surface area contributed by atoms with E-state index < -0.39 is 0 Å². The van der Waals surface area contributed by atoms with Gasteiger partial charge in [0, 0.05) is 40.2 Å². The van der Waals surface area contributed by atoms with Crippen LogP contribution in [0, 0.1) is 5.41 Å². The molecular formula is C32H45N3S. The molecule has 0 fully saturated rings. The van der Waals surface area contributed by atoms with Crippen molar-refractivity contribution in [2.75, 3.05) is 0 Å². The molecule has 0 aliphatic carbocycles. The van der Waals surface area contributed by atoms with Crippen LogP contribution in [0.5, 0.6) is 0 Å². The van der Waals surface area contributed by atoms with Gasteiger partial charge in [-0.1, -0.05) is 67.9 Å². The molecule has 3 heterocycles. The first kappa shape index (κ1) is 28.1. The van der Waals surface area contributed by atoms with Crippen LogP contribution >= 0.6 is 11.3 Å². The lowest BCUT2D eigenvalue weighted by Gasteiger charge is -2.24. The lowest BCUT2D eigenvalue weighted by Crippen LogP contribution is -2.14. The van der Waals surface area contributed by atoms with Gasteiger partial charge in [-0.15, -0.1) is 11.3 Å². The Balaban J connectivity index is 0.00000176. The SMILES string of the molecule is CC.CCc1nc(-c2ccc3c(c2)c(CC(C)(C)CC)c(-c2cccnc2C(C)CC)n3CC)cs1. The summed E-state index contributed by atoms with van der Waals surface area (Å²) < 4.78 is 2.52. The van der Waals surface area contributed by atoms with E-state index in [4.69, 9.17) is 9.97 Å². The monoisotopic (exact) mass is 503 g/mol. The summed E-state index contributed by atoms with van der Waals surface area (Å²) in [5.74, 6) is 0.421. The second-order valence-electron chi connectivity index (χ2n) is 10.2. The molecule has 4 rings (SSSR count). The van der Waals surface area contributed by atoms with Gasteiger partial charge in [0.25, 0.3) is 0 Å². The summed E-state index contributed by atoms with van der Waals surface area (Å²) >= 11 is 1.76. The summed E-state index contributed by atoms with van der Waals surface area (Å²) in [6, 6.07) is 11.3. The number of benzene rings is 1. The highest BCUT2D eigenvalue weighted by atomic mass is 32.1. The Morgan fingerprint density at radius 1 is 1.06 bits per heavy atom. The molecular weight excluding hydrogens is 458 g/mol. The molecule has 0 saturated carbocycles. The smallest absolute Gasteiger partial charge is 0.0929 e. The molecule has 4 heteroatoms. The molecule has 0 saturated heterocycles. The topological polar surface area (TPSA) is 30.7 Å². The number of pyridine rings is 1. The van der Waals surface area contributed by atoms with Gasteiger partial charge < -0.3 is 4.57 Å². The Morgan fingerprint density at radius 2 is 1.81 bits per heavy atom. The first-order chi connectivity index (χ1) is 17.3. The number of fused-ring (bicyclic) bond motifs is 1. The van der Waals surface area contributed by atoms with E-state index in [2.05, 4.69) is 88.7 Å². The van der Waals surface area contributed by atoms with Crippen LogP contribution in [0.15, 0.2) is 41.9 Å². The van der Waals surface area contributed by atoms with Gasteiger partial charge in [-0.2, -0.15) is 0 Å². The van der Waals surface area contributed by atoms with E-state index in [0.29, 0.717) is 5.92 Å². The summed E-state index contributed by atoms with van der Waals surface area (Å²) in [4.78, 5) is 9.77. The van der Waals surface area contributed by atoms with Crippen molar-refractivity contribution in [3.8, 4) is 22.5 Å². The molecule has 0 aliphatic rings. The van der Waals surface area contributed by atoms with Crippen molar-refractivity contribution in [1.29, 1.82) is 0 Å². The molecule has 1 unspecified atom stereocenters. The maximum Gasteiger partial charge on any atom is 0.0929 e. The number of aryl methyl sites for hydroxylation is 2. The molecule has 0 spiro atoms. The molecule has 3 aromatic heterocycles. The first-order valence-corrected chi connectivity index (χ1v) is 14.8. The minimum atomic E-state index is 0.215. The van der Waals surface area contributed by atoms with Gasteiger partial charge in [0.05, 0.1) is 22.1 Å². The first-order valence-electron chi connectivity index (χ1n) is 13.9. The Morgan fingerprint density at radius 3 is 2.42 bits per heavy atom. The fourth-order valence-corrected chi connectivity index (χ4v) is 5.57. The predicted molar refractivity (Wildman–Crippen MR) is 159 cm³/mol. The van der Waals surface area contributed by atoms with Crippen LogP contribution in [0.3, 0.4) is 0 Å². The maximum absolute atomic E-state index is 4.88. The van der Waals surface area contributed by atoms with Crippen LogP contribution in [-0.4, -0.2) is 14.5 Å². The van der Waals surface area contributed by atoms with Crippen molar-refractivity contribution in [2.24, 2.45) is 5.41 Å². The van der Waals surface area contributed by atoms with E-state index in [-0.39, 0.29) is 5.41 Å². The van der Waals surface area contributed by atoms with E-state index in [1.807, 2.05) is 20.0 Å². The molecule has 0 amide bonds. The van der Waals surface area contributed by atoms with Gasteiger partial charge in [-0.05, 0) is 67.3 Å². The third-order valence-electron chi connectivity index (χ3n) is 7.42. The zero-order valence-corrected chi connectivity index (χ0v) is 24.7. The minimum absolute atomic E-state index is 0.215. The molecule has 4 aromatic rings. The average molecular weight is 504 g/mol. The van der Waals surface area contributed by atoms with Gasteiger partial charge in [0.1, 0.15) is 0 Å². The highest BCUT2D eigenvalue weighted by molar-refractivity contribution is 7.09. The van der Waals surface area contributed by atoms with Crippen molar-refractivity contribution >= 4 is 22.2 Å². The fourth-order valence-electron chi connectivity index (χ4n) is 4.81. The summed E-state index contributed by atoms with van der Waals surface area (Å²) in [6.07, 6.45) is 6.20. The zero-order chi connectivity index (χ0) is 26.5. The third-order valence-corrected chi connectivity index (χ3v) is 8.41. The Labute approximate surface area is 223 Å². The van der Waals surface area contributed by atoms with Crippen LogP contribution in [0.1, 0.15) is 97.3 Å². The average Bonchev–Trinajstić information content (AvgIpc) is 3.51. The number of aromatic nitrogens is 3. The number of thiazole rings is 1. The normalized spacial score (nSPS) is 12.5. The number of rotatable bonds is 9. The fraction of sp³-hybridized carbons (Fsp3) is 0.500. The lowest BCUT2D eigenvalue weighted by molar-refractivity contribution is 0.350. The molecule has 0 bridgehead atoms. The van der Waals surface area contributed by atoms with Gasteiger partial charge in [0.2, 0.25) is 0 Å². The van der Waals surface area contributed by atoms with E-state index in [1.165, 1.54) is 44.0 Å². The molecule has 1 aromatic carbocycles. The lowest BCUT2D eigenvalue weighted by atomic mass is 9.81. The van der Waals surface area contributed by atoms with Crippen molar-refractivity contribution in [1.82, 2.24) is 14.5 Å². The van der Waals surface area contributed by atoms with E-state index >= 15 is 0 Å². The number of hydrogen-bond donors (Lipinski definition) is 0. The van der Waals surface area contributed by atoms with Crippen molar-refractivity contribution < 1.29 is 0 Å². The van der Waals surface area contributed by atoms with E-state index in [1.54, 1.807) is 11.3 Å². The van der Waals surface area contributed by atoms with Crippen molar-refractivity contribution in [2.45, 2.75) is 100 Å². The van der Waals surface area contributed by atoms with Crippen LogP contribution in [-0.2, 0) is 19.4 Å². The van der Waals surface area contributed by atoms with Gasteiger partial charge in [-0.3, -0.25) is 4.98 Å². The maximum atomic E-state index is 4.88. The van der Waals surface area contributed by atoms with Gasteiger partial charge in [-0.25, -0.2) is 4.98 Å². The van der Waals surface area contributed by atoms with Gasteiger partial charge in [0.15, 0.2) is 0 Å². The second-order valence-corrected chi connectivity index (χ2v) is 11.2. The standard InChI is InChI=1S/C30H39N3S.C2H6/c1-8-20(5)28-22(13-12-16-31-28)29-24(18-30(6,7)10-3)23-17-21(14-15-26(23)33(29)11-4)25-19-34-27(9-2)32-25;1-2/h12-17,19-20H,8-11,18H2,1-7H3;1-2H3. The second kappa shape index (κ2) is 12.2. The molecule has 0 aliphatic heterocycles. The Kier molecular flexibility index (Phi) is 9.52. The molecule has 0 N–H and O–H groups in total. The van der Waals surface area contributed by atoms with Gasteiger partial charge >= 0.3 is 0 Å². The molecule has 194 valence electrons. The van der Waals surface area contributed by atoms with E-state index in [0.717, 1.165) is 37.9 Å². The van der Waals surface area contributed by atoms with Crippen LogP contribution in [0.4, 0.5) is 0 Å². The van der Waals surface area contributed by atoms with Crippen LogP contribution < -0.4 is 0 Å². The molecule has 0 radical (unpaired) electrons. The predicted octanol–water partition coefficient (Wildman–Crippen LogP) is 9.93. The van der Waals surface area contributed by atoms with E-state index in [9.17, 15) is 0 Å². The van der Waals surface area contributed by atoms with Crippen LogP contribution in [0.2, 0.25) is 0 Å². The molecule has 1 atom stereocenters. The minimum Gasteiger partial charge on any atom is -0.340 e. The summed E-state index contributed by atoms with van der Waals surface area (Å²) in [5, 5.41) is 4.76. The molecule has 3 nitrogen and oxygen atoms in total. The number of hydrogen-bond acceptors (Lipinski definition) is 3. The quantitative estimate of drug-likeness (QED) is 0.227. The number of nitrogens with zero attached hydrogens (tertiary/aromatic N) is 3. The summed E-state index contributed by atoms with van der Waals surface area (Å²) in [6.45, 7) is 21.0. The Bertz CT molecular complexity index is 1280. The molecule has 36 heavy (non-hydrogen) atoms. The zero-order valence-electron chi connectivity index (χ0n) is 23.9. The summed E-state index contributed by atoms with van der Waals surface area (Å²) in [5.41, 5.74) is 9.15. The summed E-state index contributed by atoms with van der Waals surface area (Å²) in [7, 11) is 0. The third kappa shape index (κ3) is 5.59. The highest BCUT2D eigenvalue weighted by Crippen LogP contribution is 2.42. The van der Waals surface area contributed by atoms with Crippen LogP contribution in [0.25, 0.3) is 33.4 Å². The highest BCUT2D eigenvalue weighted by Gasteiger charge is 2.27. The van der Waals surface area contributed by atoms with Crippen molar-refractivity contribution in [3.63, 3.8) is 0 Å². The van der Waals surface area contributed by atoms with Crippen molar-refractivity contribution in [3.05, 3.63) is 58.2 Å².